The van der Waals surface area contributed by atoms with Crippen LogP contribution in [0.3, 0.4) is 0 Å². The number of nitrogens with one attached hydrogen (secondary N) is 1. The van der Waals surface area contributed by atoms with E-state index in [9.17, 15) is 0 Å². The molecular weight excluding hydrogens is 210 g/mol. The van der Waals surface area contributed by atoms with Crippen molar-refractivity contribution in [2.45, 2.75) is 71.9 Å². The summed E-state index contributed by atoms with van der Waals surface area (Å²) in [6.45, 7) is 11.0. The van der Waals surface area contributed by atoms with E-state index in [0.29, 0.717) is 12.1 Å². The predicted molar refractivity (Wildman–Crippen MR) is 74.3 cm³/mol. The molecule has 1 rings (SSSR count). The molecule has 0 aromatic carbocycles. The van der Waals surface area contributed by atoms with Crippen molar-refractivity contribution in [1.82, 2.24) is 5.32 Å². The zero-order valence-electron chi connectivity index (χ0n) is 12.2. The first kappa shape index (κ1) is 15.0. The molecule has 1 aliphatic rings. The Kier molecular flexibility index (Phi) is 7.14. The molecular formula is C15H31NO. The van der Waals surface area contributed by atoms with E-state index in [2.05, 4.69) is 33.0 Å². The fourth-order valence-corrected chi connectivity index (χ4v) is 3.01. The Balaban J connectivity index is 2.12. The van der Waals surface area contributed by atoms with E-state index in [0.717, 1.165) is 31.4 Å². The van der Waals surface area contributed by atoms with Crippen LogP contribution in [0.4, 0.5) is 0 Å². The van der Waals surface area contributed by atoms with Gasteiger partial charge in [-0.3, -0.25) is 0 Å². The molecule has 17 heavy (non-hydrogen) atoms. The molecule has 2 heteroatoms. The molecule has 0 aromatic heterocycles. The lowest BCUT2D eigenvalue weighted by Gasteiger charge is -2.28. The van der Waals surface area contributed by atoms with Crippen LogP contribution in [0.1, 0.15) is 59.8 Å². The number of hydrogen-bond acceptors (Lipinski definition) is 2. The van der Waals surface area contributed by atoms with E-state index < -0.39 is 0 Å². The van der Waals surface area contributed by atoms with Crippen LogP contribution in [0, 0.1) is 11.8 Å². The fourth-order valence-electron chi connectivity index (χ4n) is 3.01. The standard InChI is InChI=1S/C15H31NO/c1-5-16-13(3)10-14(4)17-11-15-8-6-7-12(2)9-15/h12-16H,5-11H2,1-4H3. The lowest BCUT2D eigenvalue weighted by atomic mass is 9.83. The normalized spacial score (nSPS) is 28.9. The topological polar surface area (TPSA) is 21.3 Å². The summed E-state index contributed by atoms with van der Waals surface area (Å²) >= 11 is 0. The number of hydrogen-bond donors (Lipinski definition) is 1. The van der Waals surface area contributed by atoms with Gasteiger partial charge in [-0.05, 0) is 51.5 Å². The van der Waals surface area contributed by atoms with Gasteiger partial charge in [0.1, 0.15) is 0 Å². The third-order valence-electron chi connectivity index (χ3n) is 3.90. The van der Waals surface area contributed by atoms with Gasteiger partial charge in [-0.25, -0.2) is 0 Å². The Morgan fingerprint density at radius 1 is 1.29 bits per heavy atom. The van der Waals surface area contributed by atoms with Crippen LogP contribution in [0.15, 0.2) is 0 Å². The molecule has 1 fully saturated rings. The van der Waals surface area contributed by atoms with E-state index in [1.165, 1.54) is 25.7 Å². The summed E-state index contributed by atoms with van der Waals surface area (Å²) in [4.78, 5) is 0. The maximum atomic E-state index is 6.01. The summed E-state index contributed by atoms with van der Waals surface area (Å²) < 4.78 is 6.01. The second-order valence-electron chi connectivity index (χ2n) is 5.98. The molecule has 0 heterocycles. The summed E-state index contributed by atoms with van der Waals surface area (Å²) in [5.74, 6) is 1.73. The Bertz CT molecular complexity index is 195. The first-order chi connectivity index (χ1) is 8.11. The van der Waals surface area contributed by atoms with Gasteiger partial charge in [0, 0.05) is 12.6 Å². The van der Waals surface area contributed by atoms with Crippen molar-refractivity contribution < 1.29 is 4.74 Å². The lowest BCUT2D eigenvalue weighted by molar-refractivity contribution is 0.0175. The molecule has 0 aromatic rings. The van der Waals surface area contributed by atoms with Crippen molar-refractivity contribution in [1.29, 1.82) is 0 Å². The fraction of sp³-hybridized carbons (Fsp3) is 1.00. The Labute approximate surface area is 108 Å². The molecule has 1 N–H and O–H groups in total. The van der Waals surface area contributed by atoms with Crippen LogP contribution in [0.2, 0.25) is 0 Å². The molecule has 0 bridgehead atoms. The van der Waals surface area contributed by atoms with Gasteiger partial charge in [0.25, 0.3) is 0 Å². The smallest absolute Gasteiger partial charge is 0.0561 e. The first-order valence-electron chi connectivity index (χ1n) is 7.46. The highest BCUT2D eigenvalue weighted by Crippen LogP contribution is 2.28. The minimum absolute atomic E-state index is 0.390. The van der Waals surface area contributed by atoms with E-state index in [-0.39, 0.29) is 0 Å². The average molecular weight is 241 g/mol. The van der Waals surface area contributed by atoms with Crippen molar-refractivity contribution in [3.05, 3.63) is 0 Å². The van der Waals surface area contributed by atoms with Crippen molar-refractivity contribution in [3.8, 4) is 0 Å². The average Bonchev–Trinajstić information content (AvgIpc) is 2.27. The second-order valence-corrected chi connectivity index (χ2v) is 5.98. The van der Waals surface area contributed by atoms with E-state index in [1.807, 2.05) is 0 Å². The van der Waals surface area contributed by atoms with Gasteiger partial charge >= 0.3 is 0 Å². The third-order valence-corrected chi connectivity index (χ3v) is 3.90. The van der Waals surface area contributed by atoms with Gasteiger partial charge < -0.3 is 10.1 Å². The summed E-state index contributed by atoms with van der Waals surface area (Å²) in [7, 11) is 0. The van der Waals surface area contributed by atoms with Gasteiger partial charge in [0.2, 0.25) is 0 Å². The van der Waals surface area contributed by atoms with Gasteiger partial charge in [-0.2, -0.15) is 0 Å². The molecule has 1 aliphatic carbocycles. The molecule has 0 amide bonds. The zero-order valence-corrected chi connectivity index (χ0v) is 12.2. The summed E-state index contributed by atoms with van der Waals surface area (Å²) in [6, 6.07) is 0.570. The monoisotopic (exact) mass is 241 g/mol. The second kappa shape index (κ2) is 8.10. The van der Waals surface area contributed by atoms with Crippen molar-refractivity contribution in [3.63, 3.8) is 0 Å². The van der Waals surface area contributed by atoms with Crippen LogP contribution >= 0.6 is 0 Å². The van der Waals surface area contributed by atoms with Crippen molar-refractivity contribution in [2.24, 2.45) is 11.8 Å². The van der Waals surface area contributed by atoms with Crippen LogP contribution < -0.4 is 5.32 Å². The van der Waals surface area contributed by atoms with Gasteiger partial charge in [-0.1, -0.05) is 26.7 Å². The minimum atomic E-state index is 0.390. The molecule has 0 saturated heterocycles. The summed E-state index contributed by atoms with van der Waals surface area (Å²) in [6.07, 6.45) is 7.08. The highest BCUT2D eigenvalue weighted by atomic mass is 16.5. The maximum Gasteiger partial charge on any atom is 0.0561 e. The highest BCUT2D eigenvalue weighted by Gasteiger charge is 2.20. The van der Waals surface area contributed by atoms with Gasteiger partial charge in [0.05, 0.1) is 6.10 Å². The first-order valence-corrected chi connectivity index (χ1v) is 7.46. The molecule has 0 aliphatic heterocycles. The highest BCUT2D eigenvalue weighted by molar-refractivity contribution is 4.71. The number of rotatable bonds is 7. The SMILES string of the molecule is CCNC(C)CC(C)OCC1CCCC(C)C1. The van der Waals surface area contributed by atoms with E-state index in [4.69, 9.17) is 4.74 Å². The quantitative estimate of drug-likeness (QED) is 0.735. The Morgan fingerprint density at radius 2 is 2.06 bits per heavy atom. The maximum absolute atomic E-state index is 6.01. The van der Waals surface area contributed by atoms with Crippen LogP contribution in [0.5, 0.6) is 0 Å². The summed E-state index contributed by atoms with van der Waals surface area (Å²) in [5, 5.41) is 3.44. The van der Waals surface area contributed by atoms with E-state index in [1.54, 1.807) is 0 Å². The van der Waals surface area contributed by atoms with Gasteiger partial charge in [-0.15, -0.1) is 0 Å². The summed E-state index contributed by atoms with van der Waals surface area (Å²) in [5.41, 5.74) is 0. The van der Waals surface area contributed by atoms with Crippen LogP contribution in [0.25, 0.3) is 0 Å². The number of ether oxygens (including phenoxy) is 1. The zero-order chi connectivity index (χ0) is 12.7. The molecule has 4 unspecified atom stereocenters. The molecule has 2 nitrogen and oxygen atoms in total. The van der Waals surface area contributed by atoms with Crippen molar-refractivity contribution in [2.75, 3.05) is 13.2 Å². The molecule has 102 valence electrons. The van der Waals surface area contributed by atoms with Crippen molar-refractivity contribution >= 4 is 0 Å². The lowest BCUT2D eigenvalue weighted by Crippen LogP contribution is -2.30. The van der Waals surface area contributed by atoms with Crippen LogP contribution in [-0.2, 0) is 4.74 Å². The Morgan fingerprint density at radius 3 is 2.71 bits per heavy atom. The van der Waals surface area contributed by atoms with E-state index >= 15 is 0 Å². The predicted octanol–water partition coefficient (Wildman–Crippen LogP) is 3.61. The molecule has 4 atom stereocenters. The minimum Gasteiger partial charge on any atom is -0.378 e. The molecule has 1 saturated carbocycles. The van der Waals surface area contributed by atoms with Gasteiger partial charge in [0.15, 0.2) is 0 Å². The largest absolute Gasteiger partial charge is 0.378 e. The molecule has 0 spiro atoms. The third kappa shape index (κ3) is 6.42. The van der Waals surface area contributed by atoms with Crippen LogP contribution in [-0.4, -0.2) is 25.3 Å². The molecule has 0 radical (unpaired) electrons. The Hall–Kier alpha value is -0.0800.